The maximum Gasteiger partial charge on any atom is 0.223 e. The molecular weight excluding hydrogens is 288 g/mol. The number of amides is 1. The maximum absolute atomic E-state index is 12.3. The molecule has 0 aromatic heterocycles. The summed E-state index contributed by atoms with van der Waals surface area (Å²) in [5.74, 6) is -0.480. The number of hydrogen-bond acceptors (Lipinski definition) is 4. The Morgan fingerprint density at radius 3 is 2.62 bits per heavy atom. The van der Waals surface area contributed by atoms with Crippen molar-refractivity contribution < 1.29 is 13.2 Å². The fourth-order valence-electron chi connectivity index (χ4n) is 1.91. The van der Waals surface area contributed by atoms with Crippen molar-refractivity contribution in [2.24, 2.45) is 0 Å². The standard InChI is InChI=1S/C15H20N2O3S/c1-12-5-6-13(2)14(11-12)21(19,20)10-7-15(18)17(3)9-4-8-16/h5-6,11H,4,7,9-10H2,1-3H3. The predicted molar refractivity (Wildman–Crippen MR) is 80.5 cm³/mol. The number of sulfone groups is 1. The van der Waals surface area contributed by atoms with Crippen LogP contribution in [0, 0.1) is 25.2 Å². The average Bonchev–Trinajstić information content (AvgIpc) is 2.44. The van der Waals surface area contributed by atoms with Gasteiger partial charge >= 0.3 is 0 Å². The summed E-state index contributed by atoms with van der Waals surface area (Å²) in [5.41, 5.74) is 1.56. The van der Waals surface area contributed by atoms with Gasteiger partial charge in [0.2, 0.25) is 5.91 Å². The van der Waals surface area contributed by atoms with E-state index in [4.69, 9.17) is 5.26 Å². The number of benzene rings is 1. The van der Waals surface area contributed by atoms with Crippen molar-refractivity contribution in [1.82, 2.24) is 4.90 Å². The maximum atomic E-state index is 12.3. The molecule has 0 atom stereocenters. The second-order valence-electron chi connectivity index (χ2n) is 5.06. The number of hydrogen-bond donors (Lipinski definition) is 0. The van der Waals surface area contributed by atoms with Crippen molar-refractivity contribution in [3.63, 3.8) is 0 Å². The zero-order valence-corrected chi connectivity index (χ0v) is 13.4. The molecule has 0 bridgehead atoms. The largest absolute Gasteiger partial charge is 0.345 e. The Morgan fingerprint density at radius 2 is 2.00 bits per heavy atom. The van der Waals surface area contributed by atoms with Gasteiger partial charge in [-0.15, -0.1) is 0 Å². The number of carbonyl (C=O) groups is 1. The molecule has 114 valence electrons. The summed E-state index contributed by atoms with van der Waals surface area (Å²) in [6, 6.07) is 7.21. The molecule has 21 heavy (non-hydrogen) atoms. The van der Waals surface area contributed by atoms with Crippen molar-refractivity contribution in [3.8, 4) is 6.07 Å². The monoisotopic (exact) mass is 308 g/mol. The molecule has 1 aromatic rings. The Kier molecular flexibility index (Phi) is 5.91. The van der Waals surface area contributed by atoms with Crippen molar-refractivity contribution in [3.05, 3.63) is 29.3 Å². The second-order valence-corrected chi connectivity index (χ2v) is 7.14. The summed E-state index contributed by atoms with van der Waals surface area (Å²) in [5, 5.41) is 8.48. The molecule has 0 unspecified atom stereocenters. The highest BCUT2D eigenvalue weighted by Gasteiger charge is 2.20. The zero-order chi connectivity index (χ0) is 16.0. The SMILES string of the molecule is Cc1ccc(C)c(S(=O)(=O)CCC(=O)N(C)CCC#N)c1. The first-order valence-electron chi connectivity index (χ1n) is 6.69. The van der Waals surface area contributed by atoms with E-state index in [2.05, 4.69) is 0 Å². The Labute approximate surface area is 126 Å². The molecule has 1 rings (SSSR count). The van der Waals surface area contributed by atoms with E-state index in [1.54, 1.807) is 26.1 Å². The van der Waals surface area contributed by atoms with Gasteiger partial charge in [0, 0.05) is 20.0 Å². The third-order valence-electron chi connectivity index (χ3n) is 3.25. The van der Waals surface area contributed by atoms with Gasteiger partial charge in [0.25, 0.3) is 0 Å². The van der Waals surface area contributed by atoms with Crippen molar-refractivity contribution >= 4 is 15.7 Å². The zero-order valence-electron chi connectivity index (χ0n) is 12.6. The van der Waals surface area contributed by atoms with Gasteiger partial charge in [-0.1, -0.05) is 12.1 Å². The molecule has 0 saturated carbocycles. The van der Waals surface area contributed by atoms with E-state index in [1.165, 1.54) is 4.90 Å². The Morgan fingerprint density at radius 1 is 1.33 bits per heavy atom. The third kappa shape index (κ3) is 4.87. The smallest absolute Gasteiger partial charge is 0.223 e. The molecule has 0 saturated heterocycles. The van der Waals surface area contributed by atoms with Crippen molar-refractivity contribution in [2.45, 2.75) is 31.6 Å². The lowest BCUT2D eigenvalue weighted by molar-refractivity contribution is -0.129. The summed E-state index contributed by atoms with van der Waals surface area (Å²) < 4.78 is 24.6. The number of nitrogens with zero attached hydrogens (tertiary/aromatic N) is 2. The first-order chi connectivity index (χ1) is 9.77. The van der Waals surface area contributed by atoms with Crippen LogP contribution in [0.2, 0.25) is 0 Å². The number of nitriles is 1. The van der Waals surface area contributed by atoms with Gasteiger partial charge in [-0.25, -0.2) is 8.42 Å². The van der Waals surface area contributed by atoms with Crippen LogP contribution in [-0.4, -0.2) is 38.6 Å². The summed E-state index contributed by atoms with van der Waals surface area (Å²) in [6.45, 7) is 3.89. The molecule has 6 heteroatoms. The molecule has 0 radical (unpaired) electrons. The fourth-order valence-corrected chi connectivity index (χ4v) is 3.49. The van der Waals surface area contributed by atoms with Crippen LogP contribution >= 0.6 is 0 Å². The van der Waals surface area contributed by atoms with Gasteiger partial charge in [-0.3, -0.25) is 4.79 Å². The Balaban J connectivity index is 2.76. The second kappa shape index (κ2) is 7.23. The van der Waals surface area contributed by atoms with Gasteiger partial charge in [0.1, 0.15) is 0 Å². The van der Waals surface area contributed by atoms with Crippen LogP contribution < -0.4 is 0 Å². The van der Waals surface area contributed by atoms with E-state index in [-0.39, 0.29) is 29.4 Å². The van der Waals surface area contributed by atoms with Crippen molar-refractivity contribution in [2.75, 3.05) is 19.3 Å². The molecule has 0 aliphatic rings. The highest BCUT2D eigenvalue weighted by molar-refractivity contribution is 7.91. The van der Waals surface area contributed by atoms with Crippen LogP contribution in [0.4, 0.5) is 0 Å². The van der Waals surface area contributed by atoms with Gasteiger partial charge in [0.05, 0.1) is 23.1 Å². The third-order valence-corrected chi connectivity index (χ3v) is 5.10. The molecule has 5 nitrogen and oxygen atoms in total. The highest BCUT2D eigenvalue weighted by atomic mass is 32.2. The normalized spacial score (nSPS) is 11.0. The van der Waals surface area contributed by atoms with Gasteiger partial charge in [0.15, 0.2) is 9.84 Å². The molecule has 1 aromatic carbocycles. The molecule has 0 fully saturated rings. The molecule has 0 aliphatic carbocycles. The van der Waals surface area contributed by atoms with Crippen LogP contribution in [0.3, 0.4) is 0 Å². The molecule has 0 aliphatic heterocycles. The fraction of sp³-hybridized carbons (Fsp3) is 0.467. The molecule has 1 amide bonds. The summed E-state index contributed by atoms with van der Waals surface area (Å²) in [6.07, 6.45) is 0.170. The minimum atomic E-state index is -3.48. The van der Waals surface area contributed by atoms with Crippen LogP contribution in [0.5, 0.6) is 0 Å². The van der Waals surface area contributed by atoms with Gasteiger partial charge < -0.3 is 4.90 Å². The van der Waals surface area contributed by atoms with E-state index in [0.717, 1.165) is 5.56 Å². The van der Waals surface area contributed by atoms with Crippen LogP contribution in [0.15, 0.2) is 23.1 Å². The van der Waals surface area contributed by atoms with Crippen LogP contribution in [-0.2, 0) is 14.6 Å². The Hall–Kier alpha value is -1.87. The lowest BCUT2D eigenvalue weighted by atomic mass is 10.2. The topological polar surface area (TPSA) is 78.2 Å². The van der Waals surface area contributed by atoms with Gasteiger partial charge in [-0.05, 0) is 31.0 Å². The number of carbonyl (C=O) groups excluding carboxylic acids is 1. The molecule has 0 N–H and O–H groups in total. The van der Waals surface area contributed by atoms with Crippen LogP contribution in [0.1, 0.15) is 24.0 Å². The lowest BCUT2D eigenvalue weighted by Crippen LogP contribution is -2.29. The first-order valence-corrected chi connectivity index (χ1v) is 8.34. The number of aryl methyl sites for hydroxylation is 2. The molecule has 0 heterocycles. The summed E-state index contributed by atoms with van der Waals surface area (Å²) in [4.78, 5) is 13.5. The minimum Gasteiger partial charge on any atom is -0.345 e. The summed E-state index contributed by atoms with van der Waals surface area (Å²) >= 11 is 0. The average molecular weight is 308 g/mol. The Bertz CT molecular complexity index is 660. The van der Waals surface area contributed by atoms with E-state index in [1.807, 2.05) is 19.1 Å². The highest BCUT2D eigenvalue weighted by Crippen LogP contribution is 2.19. The quantitative estimate of drug-likeness (QED) is 0.803. The van der Waals surface area contributed by atoms with Gasteiger partial charge in [-0.2, -0.15) is 5.26 Å². The van der Waals surface area contributed by atoms with Crippen molar-refractivity contribution in [1.29, 1.82) is 5.26 Å². The van der Waals surface area contributed by atoms with Crippen LogP contribution in [0.25, 0.3) is 0 Å². The summed E-state index contributed by atoms with van der Waals surface area (Å²) in [7, 11) is -1.90. The predicted octanol–water partition coefficient (Wildman–Crippen LogP) is 1.84. The van der Waals surface area contributed by atoms with E-state index < -0.39 is 9.84 Å². The molecular formula is C15H20N2O3S. The van der Waals surface area contributed by atoms with E-state index >= 15 is 0 Å². The number of rotatable bonds is 6. The molecule has 0 spiro atoms. The van der Waals surface area contributed by atoms with E-state index in [9.17, 15) is 13.2 Å². The lowest BCUT2D eigenvalue weighted by Gasteiger charge is -2.15. The van der Waals surface area contributed by atoms with E-state index in [0.29, 0.717) is 12.1 Å². The minimum absolute atomic E-state index is 0.0718. The first kappa shape index (κ1) is 17.2.